The molecule has 1 N–H and O–H groups in total. The van der Waals surface area contributed by atoms with Crippen molar-refractivity contribution in [1.29, 1.82) is 0 Å². The first-order valence-corrected chi connectivity index (χ1v) is 9.85. The second-order valence-corrected chi connectivity index (χ2v) is 6.83. The lowest BCUT2D eigenvalue weighted by molar-refractivity contribution is -0.123. The molecule has 0 spiro atoms. The zero-order valence-electron chi connectivity index (χ0n) is 17.7. The fourth-order valence-corrected chi connectivity index (χ4v) is 2.72. The number of esters is 1. The highest BCUT2D eigenvalue weighted by molar-refractivity contribution is 5.90. The third kappa shape index (κ3) is 6.05. The van der Waals surface area contributed by atoms with E-state index in [1.54, 1.807) is 43.3 Å². The van der Waals surface area contributed by atoms with Gasteiger partial charge < -0.3 is 13.9 Å². The van der Waals surface area contributed by atoms with Gasteiger partial charge in [0.25, 0.3) is 5.91 Å². The average Bonchev–Trinajstić information content (AvgIpc) is 3.24. The van der Waals surface area contributed by atoms with Gasteiger partial charge >= 0.3 is 5.97 Å². The van der Waals surface area contributed by atoms with E-state index in [2.05, 4.69) is 10.5 Å². The van der Waals surface area contributed by atoms with E-state index < -0.39 is 0 Å². The van der Waals surface area contributed by atoms with Gasteiger partial charge in [-0.3, -0.25) is 4.79 Å². The molecule has 160 valence electrons. The molecule has 0 atom stereocenters. The number of hydrogen-bond donors (Lipinski definition) is 1. The third-order valence-corrected chi connectivity index (χ3v) is 4.54. The smallest absolute Gasteiger partial charge is 0.338 e. The first kappa shape index (κ1) is 21.8. The monoisotopic (exact) mass is 420 g/mol. The van der Waals surface area contributed by atoms with Crippen LogP contribution in [-0.2, 0) is 9.53 Å². The lowest BCUT2D eigenvalue weighted by Crippen LogP contribution is -2.24. The van der Waals surface area contributed by atoms with Crippen molar-refractivity contribution >= 4 is 18.1 Å². The summed E-state index contributed by atoms with van der Waals surface area (Å²) < 4.78 is 16.1. The summed E-state index contributed by atoms with van der Waals surface area (Å²) in [6.07, 6.45) is 1.41. The van der Waals surface area contributed by atoms with Gasteiger partial charge in [0.15, 0.2) is 6.61 Å². The number of ether oxygens (including phenoxy) is 2. The predicted molar refractivity (Wildman–Crippen MR) is 117 cm³/mol. The SMILES string of the molecule is CCOC(=O)c1ccc(-c2ccc(C=NNC(=O)COc3ccc(C)c(C)c3)o2)cc1. The summed E-state index contributed by atoms with van der Waals surface area (Å²) in [5, 5.41) is 3.89. The van der Waals surface area contributed by atoms with Gasteiger partial charge in [-0.25, -0.2) is 10.2 Å². The quantitative estimate of drug-likeness (QED) is 0.334. The molecule has 7 nitrogen and oxygen atoms in total. The number of nitrogens with zero attached hydrogens (tertiary/aromatic N) is 1. The van der Waals surface area contributed by atoms with Crippen molar-refractivity contribution in [1.82, 2.24) is 5.43 Å². The van der Waals surface area contributed by atoms with E-state index in [9.17, 15) is 9.59 Å². The number of hydrazone groups is 1. The zero-order valence-corrected chi connectivity index (χ0v) is 17.7. The normalized spacial score (nSPS) is 10.8. The predicted octanol–water partition coefficient (Wildman–Crippen LogP) is 4.27. The molecule has 0 saturated carbocycles. The minimum Gasteiger partial charge on any atom is -0.484 e. The van der Waals surface area contributed by atoms with Crippen LogP contribution < -0.4 is 10.2 Å². The Morgan fingerprint density at radius 3 is 2.52 bits per heavy atom. The van der Waals surface area contributed by atoms with Crippen LogP contribution in [0.3, 0.4) is 0 Å². The zero-order chi connectivity index (χ0) is 22.2. The molecule has 0 bridgehead atoms. The highest BCUT2D eigenvalue weighted by atomic mass is 16.5. The second-order valence-electron chi connectivity index (χ2n) is 6.83. The summed E-state index contributed by atoms with van der Waals surface area (Å²) in [6, 6.07) is 16.1. The van der Waals surface area contributed by atoms with Crippen LogP contribution in [0.1, 0.15) is 34.2 Å². The van der Waals surface area contributed by atoms with E-state index in [4.69, 9.17) is 13.9 Å². The lowest BCUT2D eigenvalue weighted by atomic mass is 10.1. The van der Waals surface area contributed by atoms with Gasteiger partial charge in [0.2, 0.25) is 0 Å². The molecule has 2 aromatic carbocycles. The van der Waals surface area contributed by atoms with Crippen LogP contribution in [0.25, 0.3) is 11.3 Å². The van der Waals surface area contributed by atoms with E-state index >= 15 is 0 Å². The van der Waals surface area contributed by atoms with Crippen LogP contribution in [0.4, 0.5) is 0 Å². The van der Waals surface area contributed by atoms with Crippen molar-refractivity contribution in [3.63, 3.8) is 0 Å². The highest BCUT2D eigenvalue weighted by Gasteiger charge is 2.08. The number of furan rings is 1. The maximum absolute atomic E-state index is 11.9. The molecule has 0 fully saturated rings. The maximum Gasteiger partial charge on any atom is 0.338 e. The van der Waals surface area contributed by atoms with E-state index in [1.165, 1.54) is 6.21 Å². The number of amides is 1. The van der Waals surface area contributed by atoms with Gasteiger partial charge in [-0.05, 0) is 68.3 Å². The molecule has 0 saturated heterocycles. The summed E-state index contributed by atoms with van der Waals surface area (Å²) in [7, 11) is 0. The number of benzene rings is 2. The Labute approximate surface area is 180 Å². The summed E-state index contributed by atoms with van der Waals surface area (Å²) in [5.74, 6) is 0.974. The number of hydrogen-bond acceptors (Lipinski definition) is 6. The van der Waals surface area contributed by atoms with Crippen molar-refractivity contribution < 1.29 is 23.5 Å². The molecule has 1 aromatic heterocycles. The van der Waals surface area contributed by atoms with Gasteiger partial charge in [-0.15, -0.1) is 0 Å². The molecule has 0 radical (unpaired) electrons. The lowest BCUT2D eigenvalue weighted by Gasteiger charge is -2.07. The van der Waals surface area contributed by atoms with Gasteiger partial charge in [-0.1, -0.05) is 18.2 Å². The largest absolute Gasteiger partial charge is 0.484 e. The van der Waals surface area contributed by atoms with Gasteiger partial charge in [0, 0.05) is 5.56 Å². The summed E-state index contributed by atoms with van der Waals surface area (Å²) in [5.41, 5.74) is 5.94. The second kappa shape index (κ2) is 10.2. The van der Waals surface area contributed by atoms with Crippen LogP contribution in [0.5, 0.6) is 5.75 Å². The summed E-state index contributed by atoms with van der Waals surface area (Å²) in [6.45, 7) is 5.95. The molecule has 1 heterocycles. The molecule has 0 aliphatic carbocycles. The maximum atomic E-state index is 11.9. The minimum absolute atomic E-state index is 0.143. The average molecular weight is 420 g/mol. The molecule has 1 amide bonds. The van der Waals surface area contributed by atoms with E-state index in [-0.39, 0.29) is 18.5 Å². The number of carbonyl (C=O) groups is 2. The Balaban J connectivity index is 1.51. The third-order valence-electron chi connectivity index (χ3n) is 4.54. The van der Waals surface area contributed by atoms with E-state index in [1.807, 2.05) is 32.0 Å². The topological polar surface area (TPSA) is 90.1 Å². The molecule has 0 aliphatic heterocycles. The molecule has 7 heteroatoms. The Morgan fingerprint density at radius 2 is 1.81 bits per heavy atom. The molecule has 3 rings (SSSR count). The molecular formula is C24H24N2O5. The standard InChI is InChI=1S/C24H24N2O5/c1-4-29-24(28)19-8-6-18(7-9-19)22-12-11-21(31-22)14-25-26-23(27)15-30-20-10-5-16(2)17(3)13-20/h5-14H,4,15H2,1-3H3,(H,26,27). The molecule has 31 heavy (non-hydrogen) atoms. The van der Waals surface area contributed by atoms with Crippen LogP contribution in [-0.4, -0.2) is 31.3 Å². The van der Waals surface area contributed by atoms with Crippen molar-refractivity contribution in [3.8, 4) is 17.1 Å². The Morgan fingerprint density at radius 1 is 1.03 bits per heavy atom. The van der Waals surface area contributed by atoms with Gasteiger partial charge in [0.1, 0.15) is 17.3 Å². The summed E-state index contributed by atoms with van der Waals surface area (Å²) in [4.78, 5) is 23.6. The number of aryl methyl sites for hydroxylation is 2. The fraction of sp³-hybridized carbons (Fsp3) is 0.208. The van der Waals surface area contributed by atoms with Crippen molar-refractivity contribution in [2.24, 2.45) is 5.10 Å². The molecular weight excluding hydrogens is 396 g/mol. The van der Waals surface area contributed by atoms with Crippen molar-refractivity contribution in [2.45, 2.75) is 20.8 Å². The molecule has 3 aromatic rings. The highest BCUT2D eigenvalue weighted by Crippen LogP contribution is 2.22. The fourth-order valence-electron chi connectivity index (χ4n) is 2.72. The molecule has 0 aliphatic rings. The first-order valence-electron chi connectivity index (χ1n) is 9.85. The summed E-state index contributed by atoms with van der Waals surface area (Å²) >= 11 is 0. The van der Waals surface area contributed by atoms with Crippen LogP contribution in [0, 0.1) is 13.8 Å². The number of carbonyl (C=O) groups excluding carboxylic acids is 2. The van der Waals surface area contributed by atoms with Gasteiger partial charge in [0.05, 0.1) is 18.4 Å². The number of nitrogens with one attached hydrogen (secondary N) is 1. The number of rotatable bonds is 8. The van der Waals surface area contributed by atoms with Crippen LogP contribution >= 0.6 is 0 Å². The van der Waals surface area contributed by atoms with Crippen LogP contribution in [0.2, 0.25) is 0 Å². The first-order chi connectivity index (χ1) is 15.0. The Hall–Kier alpha value is -3.87. The van der Waals surface area contributed by atoms with E-state index in [0.29, 0.717) is 29.4 Å². The van der Waals surface area contributed by atoms with E-state index in [0.717, 1.165) is 16.7 Å². The Kier molecular flexibility index (Phi) is 7.22. The molecule has 0 unspecified atom stereocenters. The van der Waals surface area contributed by atoms with Crippen molar-refractivity contribution in [2.75, 3.05) is 13.2 Å². The van der Waals surface area contributed by atoms with Crippen LogP contribution in [0.15, 0.2) is 64.1 Å². The minimum atomic E-state index is -0.379. The Bertz CT molecular complexity index is 1080. The van der Waals surface area contributed by atoms with Crippen molar-refractivity contribution in [3.05, 3.63) is 77.0 Å². The van der Waals surface area contributed by atoms with Gasteiger partial charge in [-0.2, -0.15) is 5.10 Å².